The summed E-state index contributed by atoms with van der Waals surface area (Å²) in [7, 11) is 0. The molecule has 0 rings (SSSR count). The Kier molecular flexibility index (Phi) is 58.5. The SMILES string of the molecule is CCCCCCCCCCCCCCCCCCCCC/C=C/C(O)C(CO)NC(=O)CCCCCCCCC/C=C\CCCCCCCCOC(=O)CCCCCCCCCCCCCCCCC. The van der Waals surface area contributed by atoms with E-state index in [0.29, 0.717) is 19.4 Å². The van der Waals surface area contributed by atoms with Crippen LogP contribution in [0.2, 0.25) is 0 Å². The van der Waals surface area contributed by atoms with Gasteiger partial charge in [-0.3, -0.25) is 9.59 Å². The minimum atomic E-state index is -0.853. The summed E-state index contributed by atoms with van der Waals surface area (Å²) >= 11 is 0. The van der Waals surface area contributed by atoms with Crippen molar-refractivity contribution in [2.45, 2.75) is 360 Å². The van der Waals surface area contributed by atoms with Crippen LogP contribution in [0.25, 0.3) is 0 Å². The van der Waals surface area contributed by atoms with Crippen LogP contribution in [0, 0.1) is 0 Å². The fourth-order valence-corrected chi connectivity index (χ4v) is 9.87. The minimum absolute atomic E-state index is 0.000764. The second-order valence-corrected chi connectivity index (χ2v) is 21.7. The van der Waals surface area contributed by atoms with Gasteiger partial charge >= 0.3 is 5.97 Å². The zero-order chi connectivity index (χ0) is 50.7. The summed E-state index contributed by atoms with van der Waals surface area (Å²) in [6.45, 7) is 4.91. The molecule has 0 saturated carbocycles. The van der Waals surface area contributed by atoms with Crippen LogP contribution in [-0.4, -0.2) is 47.4 Å². The number of esters is 1. The Morgan fingerprint density at radius 2 is 0.671 bits per heavy atom. The van der Waals surface area contributed by atoms with Crippen LogP contribution in [0.3, 0.4) is 0 Å². The van der Waals surface area contributed by atoms with Crippen molar-refractivity contribution in [2.24, 2.45) is 0 Å². The van der Waals surface area contributed by atoms with E-state index in [1.807, 2.05) is 6.08 Å². The molecule has 0 bridgehead atoms. The molecule has 0 aliphatic rings. The molecule has 70 heavy (non-hydrogen) atoms. The lowest BCUT2D eigenvalue weighted by atomic mass is 10.0. The number of amides is 1. The first-order chi connectivity index (χ1) is 34.5. The molecule has 0 aliphatic carbocycles. The van der Waals surface area contributed by atoms with Crippen molar-refractivity contribution >= 4 is 11.9 Å². The molecule has 2 atom stereocenters. The molecule has 0 aromatic heterocycles. The van der Waals surface area contributed by atoms with Crippen LogP contribution in [-0.2, 0) is 14.3 Å². The monoisotopic (exact) mass is 986 g/mol. The third-order valence-corrected chi connectivity index (χ3v) is 14.7. The number of carbonyl (C=O) groups excluding carboxylic acids is 2. The van der Waals surface area contributed by atoms with Crippen LogP contribution in [0.5, 0.6) is 0 Å². The Labute approximate surface area is 437 Å². The molecule has 3 N–H and O–H groups in total. The summed E-state index contributed by atoms with van der Waals surface area (Å²) in [5.74, 6) is -0.0760. The lowest BCUT2D eigenvalue weighted by Crippen LogP contribution is -2.45. The van der Waals surface area contributed by atoms with Crippen LogP contribution >= 0.6 is 0 Å². The van der Waals surface area contributed by atoms with Gasteiger partial charge in [0.2, 0.25) is 5.91 Å². The first-order valence-electron chi connectivity index (χ1n) is 31.6. The third-order valence-electron chi connectivity index (χ3n) is 14.7. The average Bonchev–Trinajstić information content (AvgIpc) is 3.36. The van der Waals surface area contributed by atoms with Crippen LogP contribution in [0.1, 0.15) is 348 Å². The van der Waals surface area contributed by atoms with E-state index >= 15 is 0 Å². The highest BCUT2D eigenvalue weighted by atomic mass is 16.5. The van der Waals surface area contributed by atoms with Gasteiger partial charge in [-0.25, -0.2) is 0 Å². The van der Waals surface area contributed by atoms with E-state index < -0.39 is 12.1 Å². The van der Waals surface area contributed by atoms with Gasteiger partial charge in [-0.15, -0.1) is 0 Å². The van der Waals surface area contributed by atoms with Crippen molar-refractivity contribution in [3.63, 3.8) is 0 Å². The Morgan fingerprint density at radius 3 is 1.01 bits per heavy atom. The summed E-state index contributed by atoms with van der Waals surface area (Å²) in [5, 5.41) is 23.2. The number of hydrogen-bond donors (Lipinski definition) is 3. The summed E-state index contributed by atoms with van der Waals surface area (Å²) in [4.78, 5) is 24.6. The number of aliphatic hydroxyl groups excluding tert-OH is 2. The molecule has 0 aliphatic heterocycles. The molecule has 0 spiro atoms. The molecule has 414 valence electrons. The number of rotatable bonds is 59. The predicted molar refractivity (Wildman–Crippen MR) is 306 cm³/mol. The highest BCUT2D eigenvalue weighted by molar-refractivity contribution is 5.76. The maximum atomic E-state index is 12.5. The van der Waals surface area contributed by atoms with Gasteiger partial charge in [-0.05, 0) is 57.8 Å². The Hall–Kier alpha value is -1.66. The molecule has 0 saturated heterocycles. The van der Waals surface area contributed by atoms with Crippen molar-refractivity contribution < 1.29 is 24.5 Å². The first-order valence-corrected chi connectivity index (χ1v) is 31.6. The maximum Gasteiger partial charge on any atom is 0.305 e. The predicted octanol–water partition coefficient (Wildman–Crippen LogP) is 19.8. The van der Waals surface area contributed by atoms with Gasteiger partial charge in [0.05, 0.1) is 25.4 Å². The van der Waals surface area contributed by atoms with Gasteiger partial charge in [0, 0.05) is 12.8 Å². The summed E-state index contributed by atoms with van der Waals surface area (Å²) in [6.07, 6.45) is 73.6. The molecule has 0 aromatic carbocycles. The molecule has 2 unspecified atom stereocenters. The number of ether oxygens (including phenoxy) is 1. The van der Waals surface area contributed by atoms with E-state index in [1.165, 1.54) is 263 Å². The normalized spacial score (nSPS) is 12.7. The molecular weight excluding hydrogens is 863 g/mol. The quantitative estimate of drug-likeness (QED) is 0.0321. The zero-order valence-corrected chi connectivity index (χ0v) is 47.3. The van der Waals surface area contributed by atoms with Crippen molar-refractivity contribution in [1.29, 1.82) is 0 Å². The highest BCUT2D eigenvalue weighted by Gasteiger charge is 2.18. The fraction of sp³-hybridized carbons (Fsp3) is 0.906. The summed E-state index contributed by atoms with van der Waals surface area (Å²) < 4.78 is 5.48. The van der Waals surface area contributed by atoms with Crippen molar-refractivity contribution in [3.05, 3.63) is 24.3 Å². The van der Waals surface area contributed by atoms with Gasteiger partial charge < -0.3 is 20.3 Å². The number of hydrogen-bond acceptors (Lipinski definition) is 5. The molecule has 6 nitrogen and oxygen atoms in total. The van der Waals surface area contributed by atoms with E-state index in [1.54, 1.807) is 6.08 Å². The second-order valence-electron chi connectivity index (χ2n) is 21.7. The summed E-state index contributed by atoms with van der Waals surface area (Å²) in [6, 6.07) is -0.637. The van der Waals surface area contributed by atoms with Crippen LogP contribution in [0.4, 0.5) is 0 Å². The Morgan fingerprint density at radius 1 is 0.386 bits per heavy atom. The first kappa shape index (κ1) is 68.3. The topological polar surface area (TPSA) is 95.9 Å². The third kappa shape index (κ3) is 55.7. The molecule has 6 heteroatoms. The maximum absolute atomic E-state index is 12.5. The van der Waals surface area contributed by atoms with E-state index in [0.717, 1.165) is 57.8 Å². The van der Waals surface area contributed by atoms with Crippen LogP contribution < -0.4 is 5.32 Å². The standard InChI is InChI=1S/C64H123NO5/c1-3-5-7-9-11-13-15-17-19-20-21-22-23-25-29-32-36-40-44-48-52-56-62(67)61(60-66)65-63(68)57-53-49-45-41-37-33-30-26-24-27-31-35-39-43-47-51-55-59-70-64(69)58-54-50-46-42-38-34-28-18-16-14-12-10-8-6-4-2/h24,27,52,56,61-62,66-67H,3-23,25-26,28-51,53-55,57-60H2,1-2H3,(H,65,68)/b27-24-,56-52+. The zero-order valence-electron chi connectivity index (χ0n) is 47.3. The Balaban J connectivity index is 3.47. The second kappa shape index (κ2) is 59.9. The van der Waals surface area contributed by atoms with E-state index in [9.17, 15) is 19.8 Å². The van der Waals surface area contributed by atoms with Gasteiger partial charge in [-0.1, -0.05) is 301 Å². The molecule has 0 radical (unpaired) electrons. The Bertz CT molecular complexity index is 1090. The molecule has 0 heterocycles. The summed E-state index contributed by atoms with van der Waals surface area (Å²) in [5.41, 5.74) is 0. The fourth-order valence-electron chi connectivity index (χ4n) is 9.87. The highest BCUT2D eigenvalue weighted by Crippen LogP contribution is 2.18. The van der Waals surface area contributed by atoms with Gasteiger partial charge in [0.15, 0.2) is 0 Å². The molecule has 1 amide bonds. The average molecular weight is 987 g/mol. The largest absolute Gasteiger partial charge is 0.466 e. The molecular formula is C64H123NO5. The number of nitrogens with one attached hydrogen (secondary N) is 1. The lowest BCUT2D eigenvalue weighted by Gasteiger charge is -2.20. The minimum Gasteiger partial charge on any atom is -0.466 e. The molecule has 0 fully saturated rings. The number of aliphatic hydroxyl groups is 2. The molecule has 0 aromatic rings. The smallest absolute Gasteiger partial charge is 0.305 e. The number of carbonyl (C=O) groups is 2. The van der Waals surface area contributed by atoms with Crippen molar-refractivity contribution in [3.8, 4) is 0 Å². The van der Waals surface area contributed by atoms with Crippen molar-refractivity contribution in [2.75, 3.05) is 13.2 Å². The van der Waals surface area contributed by atoms with E-state index in [4.69, 9.17) is 4.74 Å². The van der Waals surface area contributed by atoms with Crippen LogP contribution in [0.15, 0.2) is 24.3 Å². The van der Waals surface area contributed by atoms with Gasteiger partial charge in [-0.2, -0.15) is 0 Å². The van der Waals surface area contributed by atoms with Crippen molar-refractivity contribution in [1.82, 2.24) is 5.32 Å². The lowest BCUT2D eigenvalue weighted by molar-refractivity contribution is -0.143. The number of allylic oxidation sites excluding steroid dienone is 3. The van der Waals surface area contributed by atoms with Gasteiger partial charge in [0.1, 0.15) is 0 Å². The van der Waals surface area contributed by atoms with E-state index in [2.05, 4.69) is 31.3 Å². The van der Waals surface area contributed by atoms with Gasteiger partial charge in [0.25, 0.3) is 0 Å². The van der Waals surface area contributed by atoms with E-state index in [-0.39, 0.29) is 18.5 Å². The number of unbranched alkanes of at least 4 members (excludes halogenated alkanes) is 46.